The van der Waals surface area contributed by atoms with Gasteiger partial charge >= 0.3 is 0 Å². The molecule has 1 aromatic rings. The second-order valence-corrected chi connectivity index (χ2v) is 6.24. The van der Waals surface area contributed by atoms with Gasteiger partial charge in [0.2, 0.25) is 0 Å². The zero-order chi connectivity index (χ0) is 13.2. The molecule has 2 N–H and O–H groups in total. The van der Waals surface area contributed by atoms with E-state index in [-0.39, 0.29) is 0 Å². The van der Waals surface area contributed by atoms with Crippen molar-refractivity contribution in [3.63, 3.8) is 0 Å². The highest BCUT2D eigenvalue weighted by atomic mass is 15.2. The van der Waals surface area contributed by atoms with Crippen molar-refractivity contribution in [3.8, 4) is 0 Å². The van der Waals surface area contributed by atoms with E-state index in [1.165, 1.54) is 55.5 Å². The van der Waals surface area contributed by atoms with Gasteiger partial charge in [0.1, 0.15) is 0 Å². The van der Waals surface area contributed by atoms with Gasteiger partial charge in [-0.3, -0.25) is 0 Å². The number of nitrogens with zero attached hydrogens (tertiary/aromatic N) is 1. The summed E-state index contributed by atoms with van der Waals surface area (Å²) in [5.74, 6) is 0.956. The highest BCUT2D eigenvalue weighted by molar-refractivity contribution is 5.52. The van der Waals surface area contributed by atoms with Gasteiger partial charge < -0.3 is 10.6 Å². The van der Waals surface area contributed by atoms with Crippen LogP contribution in [0.2, 0.25) is 0 Å². The third-order valence-corrected chi connectivity index (χ3v) is 5.08. The predicted molar refractivity (Wildman–Crippen MR) is 81.6 cm³/mol. The average Bonchev–Trinajstić information content (AvgIpc) is 2.85. The molecular formula is C17H26N2. The molecule has 1 aromatic carbocycles. The lowest BCUT2D eigenvalue weighted by atomic mass is 9.85. The Labute approximate surface area is 117 Å². The maximum Gasteiger partial charge on any atom is 0.0371 e. The molecule has 19 heavy (non-hydrogen) atoms. The summed E-state index contributed by atoms with van der Waals surface area (Å²) in [5.41, 5.74) is 9.92. The molecule has 0 spiro atoms. The van der Waals surface area contributed by atoms with E-state index in [2.05, 4.69) is 30.0 Å². The second-order valence-electron chi connectivity index (χ2n) is 6.24. The molecule has 0 radical (unpaired) electrons. The lowest BCUT2D eigenvalue weighted by Gasteiger charge is -2.33. The molecule has 1 heterocycles. The maximum absolute atomic E-state index is 5.67. The Balaban J connectivity index is 1.80. The fourth-order valence-electron chi connectivity index (χ4n) is 4.02. The minimum absolute atomic E-state index is 0.745. The highest BCUT2D eigenvalue weighted by Crippen LogP contribution is 2.39. The van der Waals surface area contributed by atoms with Crippen LogP contribution < -0.4 is 10.6 Å². The van der Waals surface area contributed by atoms with E-state index in [1.54, 1.807) is 0 Å². The first kappa shape index (κ1) is 13.0. The quantitative estimate of drug-likeness (QED) is 0.901. The summed E-state index contributed by atoms with van der Waals surface area (Å²) in [4.78, 5) is 2.67. The summed E-state index contributed by atoms with van der Waals surface area (Å²) < 4.78 is 0. The van der Waals surface area contributed by atoms with Crippen molar-refractivity contribution in [2.75, 3.05) is 18.0 Å². The van der Waals surface area contributed by atoms with Gasteiger partial charge in [-0.05, 0) is 68.3 Å². The Kier molecular flexibility index (Phi) is 3.79. The third kappa shape index (κ3) is 2.51. The normalized spacial score (nSPS) is 26.5. The molecule has 2 aliphatic rings. The summed E-state index contributed by atoms with van der Waals surface area (Å²) in [5, 5.41) is 0. The molecule has 0 bridgehead atoms. The number of benzene rings is 1. The van der Waals surface area contributed by atoms with E-state index in [0.29, 0.717) is 0 Å². The van der Waals surface area contributed by atoms with Gasteiger partial charge in [-0.1, -0.05) is 18.9 Å². The number of rotatable bonds is 3. The molecular weight excluding hydrogens is 232 g/mol. The SMILES string of the molecule is Cc1cc(N2CCC3CCCCC32)ccc1CCN. The summed E-state index contributed by atoms with van der Waals surface area (Å²) in [6.45, 7) is 4.22. The molecule has 2 nitrogen and oxygen atoms in total. The van der Waals surface area contributed by atoms with Crippen molar-refractivity contribution < 1.29 is 0 Å². The Morgan fingerprint density at radius 3 is 2.84 bits per heavy atom. The van der Waals surface area contributed by atoms with Gasteiger partial charge in [0.05, 0.1) is 0 Å². The fraction of sp³-hybridized carbons (Fsp3) is 0.647. The number of fused-ring (bicyclic) bond motifs is 1. The average molecular weight is 258 g/mol. The Bertz CT molecular complexity index is 441. The molecule has 2 atom stereocenters. The van der Waals surface area contributed by atoms with Crippen LogP contribution in [0.4, 0.5) is 5.69 Å². The number of hydrogen-bond acceptors (Lipinski definition) is 2. The van der Waals surface area contributed by atoms with Crippen LogP contribution in [0, 0.1) is 12.8 Å². The molecule has 1 saturated carbocycles. The zero-order valence-corrected chi connectivity index (χ0v) is 12.1. The molecule has 2 heteroatoms. The van der Waals surface area contributed by atoms with Crippen LogP contribution in [-0.2, 0) is 6.42 Å². The van der Waals surface area contributed by atoms with Crippen LogP contribution in [0.1, 0.15) is 43.2 Å². The number of anilines is 1. The van der Waals surface area contributed by atoms with Crippen molar-refractivity contribution in [2.24, 2.45) is 11.7 Å². The number of nitrogens with two attached hydrogens (primary N) is 1. The summed E-state index contributed by atoms with van der Waals surface area (Å²) in [7, 11) is 0. The summed E-state index contributed by atoms with van der Waals surface area (Å²) in [6.07, 6.45) is 8.11. The van der Waals surface area contributed by atoms with E-state index in [4.69, 9.17) is 5.73 Å². The molecule has 0 aromatic heterocycles. The molecule has 1 aliphatic heterocycles. The van der Waals surface area contributed by atoms with E-state index in [1.807, 2.05) is 0 Å². The molecule has 1 aliphatic carbocycles. The Hall–Kier alpha value is -1.02. The van der Waals surface area contributed by atoms with Gasteiger partial charge in [-0.2, -0.15) is 0 Å². The van der Waals surface area contributed by atoms with Crippen LogP contribution in [0.5, 0.6) is 0 Å². The van der Waals surface area contributed by atoms with Crippen LogP contribution in [-0.4, -0.2) is 19.1 Å². The fourth-order valence-corrected chi connectivity index (χ4v) is 4.02. The smallest absolute Gasteiger partial charge is 0.0371 e. The standard InChI is InChI=1S/C17H26N2/c1-13-12-16(7-6-14(13)8-10-18)19-11-9-15-4-2-3-5-17(15)19/h6-7,12,15,17H,2-5,8-11,18H2,1H3. The first-order valence-corrected chi connectivity index (χ1v) is 7.86. The van der Waals surface area contributed by atoms with E-state index < -0.39 is 0 Å². The summed E-state index contributed by atoms with van der Waals surface area (Å²) in [6, 6.07) is 7.79. The predicted octanol–water partition coefficient (Wildman–Crippen LogP) is 3.27. The van der Waals surface area contributed by atoms with Gasteiger partial charge in [0.25, 0.3) is 0 Å². The molecule has 2 unspecified atom stereocenters. The highest BCUT2D eigenvalue weighted by Gasteiger charge is 2.35. The van der Waals surface area contributed by atoms with E-state index in [9.17, 15) is 0 Å². The van der Waals surface area contributed by atoms with Gasteiger partial charge in [-0.25, -0.2) is 0 Å². The van der Waals surface area contributed by atoms with Crippen LogP contribution in [0.15, 0.2) is 18.2 Å². The van der Waals surface area contributed by atoms with E-state index >= 15 is 0 Å². The van der Waals surface area contributed by atoms with Gasteiger partial charge in [0, 0.05) is 18.3 Å². The first-order valence-electron chi connectivity index (χ1n) is 7.86. The van der Waals surface area contributed by atoms with Gasteiger partial charge in [0.15, 0.2) is 0 Å². The van der Waals surface area contributed by atoms with Crippen LogP contribution in [0.25, 0.3) is 0 Å². The maximum atomic E-state index is 5.67. The van der Waals surface area contributed by atoms with Crippen molar-refractivity contribution in [1.29, 1.82) is 0 Å². The second kappa shape index (κ2) is 5.54. The largest absolute Gasteiger partial charge is 0.368 e. The topological polar surface area (TPSA) is 29.3 Å². The molecule has 104 valence electrons. The lowest BCUT2D eigenvalue weighted by Crippen LogP contribution is -2.34. The van der Waals surface area contributed by atoms with Crippen LogP contribution >= 0.6 is 0 Å². The summed E-state index contributed by atoms with van der Waals surface area (Å²) >= 11 is 0. The lowest BCUT2D eigenvalue weighted by molar-refractivity contribution is 0.342. The Morgan fingerprint density at radius 1 is 1.21 bits per heavy atom. The molecule has 3 rings (SSSR count). The van der Waals surface area contributed by atoms with Gasteiger partial charge in [-0.15, -0.1) is 0 Å². The monoisotopic (exact) mass is 258 g/mol. The minimum atomic E-state index is 0.745. The first-order chi connectivity index (χ1) is 9.29. The molecule has 2 fully saturated rings. The number of hydrogen-bond donors (Lipinski definition) is 1. The Morgan fingerprint density at radius 2 is 2.05 bits per heavy atom. The molecule has 0 amide bonds. The number of aryl methyl sites for hydroxylation is 1. The van der Waals surface area contributed by atoms with Crippen molar-refractivity contribution >= 4 is 5.69 Å². The van der Waals surface area contributed by atoms with Crippen LogP contribution in [0.3, 0.4) is 0 Å². The molecule has 1 saturated heterocycles. The zero-order valence-electron chi connectivity index (χ0n) is 12.1. The van der Waals surface area contributed by atoms with Crippen molar-refractivity contribution in [1.82, 2.24) is 0 Å². The van der Waals surface area contributed by atoms with E-state index in [0.717, 1.165) is 24.9 Å². The van der Waals surface area contributed by atoms with Crippen molar-refractivity contribution in [2.45, 2.75) is 51.5 Å². The third-order valence-electron chi connectivity index (χ3n) is 5.08. The van der Waals surface area contributed by atoms with Crippen molar-refractivity contribution in [3.05, 3.63) is 29.3 Å². The minimum Gasteiger partial charge on any atom is -0.368 e.